The molecular formula is C17H14N2OS. The van der Waals surface area contributed by atoms with Crippen molar-refractivity contribution in [1.29, 1.82) is 5.26 Å². The van der Waals surface area contributed by atoms with Crippen LogP contribution >= 0.6 is 11.3 Å². The average molecular weight is 294 g/mol. The highest BCUT2D eigenvalue weighted by atomic mass is 32.1. The smallest absolute Gasteiger partial charge is 0.246 e. The van der Waals surface area contributed by atoms with Gasteiger partial charge < -0.3 is 4.90 Å². The van der Waals surface area contributed by atoms with E-state index in [-0.39, 0.29) is 5.91 Å². The summed E-state index contributed by atoms with van der Waals surface area (Å²) < 4.78 is 0. The number of hydrogen-bond donors (Lipinski definition) is 0. The van der Waals surface area contributed by atoms with Crippen LogP contribution in [0.3, 0.4) is 0 Å². The zero-order valence-electron chi connectivity index (χ0n) is 11.5. The van der Waals surface area contributed by atoms with Gasteiger partial charge in [0.2, 0.25) is 5.91 Å². The lowest BCUT2D eigenvalue weighted by Crippen LogP contribution is -2.34. The summed E-state index contributed by atoms with van der Waals surface area (Å²) in [6.45, 7) is 1.49. The fourth-order valence-electron chi connectivity index (χ4n) is 2.38. The molecule has 1 amide bonds. The van der Waals surface area contributed by atoms with Gasteiger partial charge in [-0.15, -0.1) is 11.3 Å². The molecule has 1 aliphatic rings. The first-order valence-corrected chi connectivity index (χ1v) is 7.66. The minimum Gasteiger partial charge on any atom is -0.334 e. The Hall–Kier alpha value is -2.38. The SMILES string of the molecule is N#Cc1ccc(C=CC(=O)N2CCc3sccc3C2)cc1. The van der Waals surface area contributed by atoms with E-state index in [1.165, 1.54) is 10.4 Å². The molecule has 1 aromatic carbocycles. The third-order valence-corrected chi connectivity index (χ3v) is 4.60. The van der Waals surface area contributed by atoms with Crippen molar-refractivity contribution in [3.05, 3.63) is 63.4 Å². The molecule has 0 unspecified atom stereocenters. The number of carbonyl (C=O) groups is 1. The molecular weight excluding hydrogens is 280 g/mol. The number of benzene rings is 1. The van der Waals surface area contributed by atoms with E-state index in [2.05, 4.69) is 17.5 Å². The molecule has 0 aliphatic carbocycles. The van der Waals surface area contributed by atoms with E-state index in [4.69, 9.17) is 5.26 Å². The molecule has 104 valence electrons. The third kappa shape index (κ3) is 3.04. The molecule has 0 spiro atoms. The van der Waals surface area contributed by atoms with Crippen LogP contribution in [0.15, 0.2) is 41.8 Å². The quantitative estimate of drug-likeness (QED) is 0.798. The van der Waals surface area contributed by atoms with E-state index >= 15 is 0 Å². The summed E-state index contributed by atoms with van der Waals surface area (Å²) in [5.74, 6) is 0.0382. The van der Waals surface area contributed by atoms with Gasteiger partial charge >= 0.3 is 0 Å². The van der Waals surface area contributed by atoms with Crippen molar-refractivity contribution in [1.82, 2.24) is 4.90 Å². The molecule has 21 heavy (non-hydrogen) atoms. The second-order valence-corrected chi connectivity index (χ2v) is 5.95. The number of rotatable bonds is 2. The van der Waals surface area contributed by atoms with Gasteiger partial charge in [-0.1, -0.05) is 12.1 Å². The summed E-state index contributed by atoms with van der Waals surface area (Å²) in [6, 6.07) is 11.4. The number of amides is 1. The van der Waals surface area contributed by atoms with Gasteiger partial charge in [0.25, 0.3) is 0 Å². The van der Waals surface area contributed by atoms with Crippen molar-refractivity contribution in [3.63, 3.8) is 0 Å². The molecule has 4 heteroatoms. The summed E-state index contributed by atoms with van der Waals surface area (Å²) in [4.78, 5) is 15.5. The van der Waals surface area contributed by atoms with Crippen LogP contribution in [-0.4, -0.2) is 17.4 Å². The molecule has 1 aromatic heterocycles. The van der Waals surface area contributed by atoms with E-state index in [1.807, 2.05) is 17.0 Å². The van der Waals surface area contributed by atoms with Gasteiger partial charge in [0, 0.05) is 24.0 Å². The fourth-order valence-corrected chi connectivity index (χ4v) is 3.27. The Kier molecular flexibility index (Phi) is 3.85. The van der Waals surface area contributed by atoms with Crippen LogP contribution < -0.4 is 0 Å². The first-order chi connectivity index (χ1) is 10.3. The molecule has 0 saturated carbocycles. The molecule has 0 fully saturated rings. The van der Waals surface area contributed by atoms with E-state index < -0.39 is 0 Å². The summed E-state index contributed by atoms with van der Waals surface area (Å²) in [7, 11) is 0. The summed E-state index contributed by atoms with van der Waals surface area (Å²) in [5.41, 5.74) is 2.82. The van der Waals surface area contributed by atoms with Crippen molar-refractivity contribution >= 4 is 23.3 Å². The van der Waals surface area contributed by atoms with Crippen molar-refractivity contribution in [3.8, 4) is 6.07 Å². The number of nitriles is 1. The first kappa shape index (κ1) is 13.6. The van der Waals surface area contributed by atoms with Crippen molar-refractivity contribution in [2.24, 2.45) is 0 Å². The lowest BCUT2D eigenvalue weighted by Gasteiger charge is -2.25. The van der Waals surface area contributed by atoms with Gasteiger partial charge in [-0.05, 0) is 47.2 Å². The molecule has 3 nitrogen and oxygen atoms in total. The van der Waals surface area contributed by atoms with Crippen LogP contribution in [0, 0.1) is 11.3 Å². The monoisotopic (exact) mass is 294 g/mol. The van der Waals surface area contributed by atoms with Crippen LogP contribution in [0.2, 0.25) is 0 Å². The van der Waals surface area contributed by atoms with Gasteiger partial charge in [0.05, 0.1) is 11.6 Å². The molecule has 0 atom stereocenters. The standard InChI is InChI=1S/C17H14N2OS/c18-11-14-3-1-13(2-4-14)5-6-17(20)19-9-7-16-15(12-19)8-10-21-16/h1-6,8,10H,7,9,12H2. The number of carbonyl (C=O) groups excluding carboxylic acids is 1. The molecule has 0 radical (unpaired) electrons. The first-order valence-electron chi connectivity index (χ1n) is 6.78. The highest BCUT2D eigenvalue weighted by Crippen LogP contribution is 2.24. The topological polar surface area (TPSA) is 44.1 Å². The zero-order chi connectivity index (χ0) is 14.7. The van der Waals surface area contributed by atoms with Crippen molar-refractivity contribution in [2.45, 2.75) is 13.0 Å². The Bertz CT molecular complexity index is 722. The molecule has 2 aromatic rings. The summed E-state index contributed by atoms with van der Waals surface area (Å²) in [6.07, 6.45) is 4.36. The van der Waals surface area contributed by atoms with Crippen LogP contribution in [0.5, 0.6) is 0 Å². The fraction of sp³-hybridized carbons (Fsp3) is 0.176. The second kappa shape index (κ2) is 5.94. The van der Waals surface area contributed by atoms with Gasteiger partial charge in [-0.3, -0.25) is 4.79 Å². The normalized spacial score (nSPS) is 14.0. The lowest BCUT2D eigenvalue weighted by molar-refractivity contribution is -0.126. The zero-order valence-corrected chi connectivity index (χ0v) is 12.3. The van der Waals surface area contributed by atoms with Gasteiger partial charge in [0.1, 0.15) is 0 Å². The molecule has 0 N–H and O–H groups in total. The molecule has 2 heterocycles. The Morgan fingerprint density at radius 2 is 2.10 bits per heavy atom. The predicted octanol–water partition coefficient (Wildman–Crippen LogP) is 3.22. The largest absolute Gasteiger partial charge is 0.334 e. The highest BCUT2D eigenvalue weighted by Gasteiger charge is 2.19. The molecule has 0 bridgehead atoms. The lowest BCUT2D eigenvalue weighted by atomic mass is 10.1. The predicted molar refractivity (Wildman–Crippen MR) is 83.6 cm³/mol. The average Bonchev–Trinajstić information content (AvgIpc) is 3.00. The third-order valence-electron chi connectivity index (χ3n) is 3.58. The maximum Gasteiger partial charge on any atom is 0.246 e. The molecule has 1 aliphatic heterocycles. The Balaban J connectivity index is 1.66. The Labute approximate surface area is 127 Å². The van der Waals surface area contributed by atoms with E-state index in [9.17, 15) is 4.79 Å². The van der Waals surface area contributed by atoms with E-state index in [0.717, 1.165) is 18.5 Å². The second-order valence-electron chi connectivity index (χ2n) is 4.95. The summed E-state index contributed by atoms with van der Waals surface area (Å²) >= 11 is 1.77. The van der Waals surface area contributed by atoms with Gasteiger partial charge in [0.15, 0.2) is 0 Å². The van der Waals surface area contributed by atoms with Crippen LogP contribution in [-0.2, 0) is 17.8 Å². The Morgan fingerprint density at radius 3 is 2.86 bits per heavy atom. The van der Waals surface area contributed by atoms with Crippen LogP contribution in [0.25, 0.3) is 6.08 Å². The number of nitrogens with zero attached hydrogens (tertiary/aromatic N) is 2. The van der Waals surface area contributed by atoms with E-state index in [0.29, 0.717) is 12.1 Å². The molecule has 3 rings (SSSR count). The van der Waals surface area contributed by atoms with Crippen molar-refractivity contribution in [2.75, 3.05) is 6.54 Å². The van der Waals surface area contributed by atoms with Crippen LogP contribution in [0.4, 0.5) is 0 Å². The van der Waals surface area contributed by atoms with Crippen molar-refractivity contribution < 1.29 is 4.79 Å². The highest BCUT2D eigenvalue weighted by molar-refractivity contribution is 7.10. The van der Waals surface area contributed by atoms with Gasteiger partial charge in [-0.2, -0.15) is 5.26 Å². The Morgan fingerprint density at radius 1 is 1.29 bits per heavy atom. The number of fused-ring (bicyclic) bond motifs is 1. The van der Waals surface area contributed by atoms with E-state index in [1.54, 1.807) is 35.6 Å². The maximum absolute atomic E-state index is 12.2. The molecule has 0 saturated heterocycles. The number of thiophene rings is 1. The maximum atomic E-state index is 12.2. The summed E-state index contributed by atoms with van der Waals surface area (Å²) in [5, 5.41) is 10.8. The van der Waals surface area contributed by atoms with Crippen LogP contribution in [0.1, 0.15) is 21.6 Å². The number of hydrogen-bond acceptors (Lipinski definition) is 3. The van der Waals surface area contributed by atoms with Gasteiger partial charge in [-0.25, -0.2) is 0 Å². The minimum atomic E-state index is 0.0382. The minimum absolute atomic E-state index is 0.0382.